The molecule has 1 aromatic carbocycles. The quantitative estimate of drug-likeness (QED) is 0.816. The summed E-state index contributed by atoms with van der Waals surface area (Å²) >= 11 is 0. The lowest BCUT2D eigenvalue weighted by atomic mass is 9.62. The molecule has 0 aromatic heterocycles. The summed E-state index contributed by atoms with van der Waals surface area (Å²) in [5.74, 6) is 0. The largest absolute Gasteiger partial charge is 0.377 e. The van der Waals surface area contributed by atoms with Gasteiger partial charge in [0.1, 0.15) is 0 Å². The lowest BCUT2D eigenvalue weighted by molar-refractivity contribution is 0.0559. The Labute approximate surface area is 127 Å². The van der Waals surface area contributed by atoms with Gasteiger partial charge in [-0.05, 0) is 31.2 Å². The second-order valence-electron chi connectivity index (χ2n) is 6.40. The first-order valence-corrected chi connectivity index (χ1v) is 8.14. The van der Waals surface area contributed by atoms with Gasteiger partial charge in [0.25, 0.3) is 0 Å². The normalized spacial score (nSPS) is 29.0. The molecule has 3 heteroatoms. The van der Waals surface area contributed by atoms with Gasteiger partial charge in [-0.25, -0.2) is 0 Å². The average Bonchev–Trinajstić information content (AvgIpc) is 3.00. The molecule has 21 heavy (non-hydrogen) atoms. The molecule has 2 aliphatic carbocycles. The zero-order valence-electron chi connectivity index (χ0n) is 12.6. The highest BCUT2D eigenvalue weighted by Gasteiger charge is 2.45. The molecule has 2 aliphatic rings. The fourth-order valence-electron chi connectivity index (χ4n) is 3.62. The van der Waals surface area contributed by atoms with Gasteiger partial charge in [0.2, 0.25) is 0 Å². The minimum atomic E-state index is -0.273. The van der Waals surface area contributed by atoms with Gasteiger partial charge in [-0.15, -0.1) is 0 Å². The lowest BCUT2D eigenvalue weighted by Gasteiger charge is -2.43. The average molecular weight is 284 g/mol. The van der Waals surface area contributed by atoms with Crippen LogP contribution in [-0.4, -0.2) is 25.3 Å². The highest BCUT2D eigenvalue weighted by molar-refractivity contribution is 5.36. The minimum absolute atomic E-state index is 0.273. The highest BCUT2D eigenvalue weighted by atomic mass is 16.5. The molecule has 112 valence electrons. The second kappa shape index (κ2) is 6.60. The van der Waals surface area contributed by atoms with Crippen LogP contribution in [0, 0.1) is 11.3 Å². The number of rotatable bonds is 6. The van der Waals surface area contributed by atoms with E-state index in [1.807, 2.05) is 18.2 Å². The third kappa shape index (κ3) is 3.28. The van der Waals surface area contributed by atoms with Crippen molar-refractivity contribution in [2.24, 2.45) is 0 Å². The maximum absolute atomic E-state index is 9.52. The van der Waals surface area contributed by atoms with Crippen LogP contribution in [0.4, 0.5) is 0 Å². The Morgan fingerprint density at radius 1 is 1.19 bits per heavy atom. The minimum Gasteiger partial charge on any atom is -0.377 e. The molecule has 2 saturated carbocycles. The van der Waals surface area contributed by atoms with Crippen LogP contribution in [0.5, 0.6) is 0 Å². The summed E-state index contributed by atoms with van der Waals surface area (Å²) in [5.41, 5.74) is 0.887. The van der Waals surface area contributed by atoms with Crippen molar-refractivity contribution in [1.82, 2.24) is 5.32 Å². The molecule has 1 N–H and O–H groups in total. The van der Waals surface area contributed by atoms with Crippen LogP contribution in [0.25, 0.3) is 0 Å². The van der Waals surface area contributed by atoms with Crippen LogP contribution in [0.1, 0.15) is 44.1 Å². The predicted octanol–water partition coefficient (Wildman–Crippen LogP) is 3.16. The van der Waals surface area contributed by atoms with Gasteiger partial charge in [-0.2, -0.15) is 5.26 Å². The van der Waals surface area contributed by atoms with E-state index < -0.39 is 0 Å². The van der Waals surface area contributed by atoms with Crippen molar-refractivity contribution in [3.8, 4) is 6.07 Å². The second-order valence-corrected chi connectivity index (χ2v) is 6.40. The molecule has 0 amide bonds. The fraction of sp³-hybridized carbons (Fsp3) is 0.611. The van der Waals surface area contributed by atoms with E-state index in [9.17, 15) is 5.26 Å². The van der Waals surface area contributed by atoms with Gasteiger partial charge in [-0.3, -0.25) is 0 Å². The molecule has 0 spiro atoms. The Bertz CT molecular complexity index is 482. The van der Waals surface area contributed by atoms with Crippen LogP contribution in [0.15, 0.2) is 30.3 Å². The maximum atomic E-state index is 9.52. The first-order chi connectivity index (χ1) is 10.3. The Morgan fingerprint density at radius 2 is 1.90 bits per heavy atom. The summed E-state index contributed by atoms with van der Waals surface area (Å²) in [6, 6.07) is 13.2. The van der Waals surface area contributed by atoms with Gasteiger partial charge in [0.15, 0.2) is 0 Å². The number of nitriles is 1. The first kappa shape index (κ1) is 14.6. The zero-order chi connectivity index (χ0) is 14.5. The van der Waals surface area contributed by atoms with Crippen LogP contribution in [0.2, 0.25) is 0 Å². The number of ether oxygens (including phenoxy) is 1. The highest BCUT2D eigenvalue weighted by Crippen LogP contribution is 2.43. The van der Waals surface area contributed by atoms with E-state index in [1.54, 1.807) is 0 Å². The van der Waals surface area contributed by atoms with Crippen LogP contribution in [-0.2, 0) is 10.2 Å². The Balaban J connectivity index is 1.39. The van der Waals surface area contributed by atoms with Gasteiger partial charge < -0.3 is 10.1 Å². The summed E-state index contributed by atoms with van der Waals surface area (Å²) in [6.07, 6.45) is 7.43. The van der Waals surface area contributed by atoms with E-state index in [1.165, 1.54) is 25.7 Å². The number of nitrogens with one attached hydrogen (secondary N) is 1. The molecular formula is C18H24N2O. The van der Waals surface area contributed by atoms with Gasteiger partial charge in [-0.1, -0.05) is 43.2 Å². The summed E-state index contributed by atoms with van der Waals surface area (Å²) in [5, 5.41) is 13.0. The SMILES string of the molecule is N#CC1(c2ccccc2)CC(NCCOC2CCCC2)C1. The Hall–Kier alpha value is -1.37. The summed E-state index contributed by atoms with van der Waals surface area (Å²) < 4.78 is 5.86. The summed E-state index contributed by atoms with van der Waals surface area (Å²) in [7, 11) is 0. The van der Waals surface area contributed by atoms with Crippen molar-refractivity contribution in [2.75, 3.05) is 13.2 Å². The molecule has 2 fully saturated rings. The fourth-order valence-corrected chi connectivity index (χ4v) is 3.62. The number of hydrogen-bond donors (Lipinski definition) is 1. The molecule has 0 radical (unpaired) electrons. The Kier molecular flexibility index (Phi) is 4.57. The number of hydrogen-bond acceptors (Lipinski definition) is 3. The van der Waals surface area contributed by atoms with Gasteiger partial charge >= 0.3 is 0 Å². The third-order valence-corrected chi connectivity index (χ3v) is 4.92. The smallest absolute Gasteiger partial charge is 0.0852 e. The lowest BCUT2D eigenvalue weighted by Crippen LogP contribution is -2.51. The molecule has 0 bridgehead atoms. The standard InChI is InChI=1S/C18H24N2O/c19-14-18(15-6-2-1-3-7-15)12-16(13-18)20-10-11-21-17-8-4-5-9-17/h1-3,6-7,16-17,20H,4-5,8-13H2. The van der Waals surface area contributed by atoms with E-state index in [0.717, 1.165) is 31.6 Å². The zero-order valence-corrected chi connectivity index (χ0v) is 12.6. The van der Waals surface area contributed by atoms with Crippen LogP contribution < -0.4 is 5.32 Å². The van der Waals surface area contributed by atoms with Crippen molar-refractivity contribution >= 4 is 0 Å². The van der Waals surface area contributed by atoms with Crippen molar-refractivity contribution in [1.29, 1.82) is 5.26 Å². The summed E-state index contributed by atoms with van der Waals surface area (Å²) in [6.45, 7) is 1.70. The third-order valence-electron chi connectivity index (χ3n) is 4.92. The van der Waals surface area contributed by atoms with Crippen LogP contribution >= 0.6 is 0 Å². The van der Waals surface area contributed by atoms with E-state index >= 15 is 0 Å². The maximum Gasteiger partial charge on any atom is 0.0852 e. The van der Waals surface area contributed by atoms with E-state index in [0.29, 0.717) is 12.1 Å². The molecule has 0 heterocycles. The van der Waals surface area contributed by atoms with E-state index in [4.69, 9.17) is 4.74 Å². The molecular weight excluding hydrogens is 260 g/mol. The van der Waals surface area contributed by atoms with Crippen molar-refractivity contribution < 1.29 is 4.74 Å². The monoisotopic (exact) mass is 284 g/mol. The van der Waals surface area contributed by atoms with Crippen molar-refractivity contribution in [3.63, 3.8) is 0 Å². The van der Waals surface area contributed by atoms with Gasteiger partial charge in [0, 0.05) is 12.6 Å². The molecule has 0 saturated heterocycles. The predicted molar refractivity (Wildman–Crippen MR) is 83.0 cm³/mol. The molecule has 0 unspecified atom stereocenters. The summed E-state index contributed by atoms with van der Waals surface area (Å²) in [4.78, 5) is 0. The first-order valence-electron chi connectivity index (χ1n) is 8.14. The number of benzene rings is 1. The molecule has 1 aromatic rings. The van der Waals surface area contributed by atoms with Gasteiger partial charge in [0.05, 0.1) is 24.2 Å². The van der Waals surface area contributed by atoms with Crippen molar-refractivity contribution in [3.05, 3.63) is 35.9 Å². The molecule has 3 nitrogen and oxygen atoms in total. The molecule has 0 aliphatic heterocycles. The van der Waals surface area contributed by atoms with E-state index in [2.05, 4.69) is 23.5 Å². The number of nitrogens with zero attached hydrogens (tertiary/aromatic N) is 1. The topological polar surface area (TPSA) is 45.0 Å². The molecule has 3 rings (SSSR count). The Morgan fingerprint density at radius 3 is 2.57 bits per heavy atom. The van der Waals surface area contributed by atoms with Crippen molar-refractivity contribution in [2.45, 2.75) is 56.1 Å². The van der Waals surface area contributed by atoms with E-state index in [-0.39, 0.29) is 5.41 Å². The van der Waals surface area contributed by atoms with Crippen LogP contribution in [0.3, 0.4) is 0 Å². The molecule has 0 atom stereocenters.